The molecule has 0 bridgehead atoms. The third kappa shape index (κ3) is 4.63. The van der Waals surface area contributed by atoms with Crippen molar-refractivity contribution in [2.75, 3.05) is 13.2 Å². The molecule has 0 radical (unpaired) electrons. The van der Waals surface area contributed by atoms with Crippen LogP contribution in [0.3, 0.4) is 0 Å². The monoisotopic (exact) mass is 337 g/mol. The molecular weight excluding hydrogens is 314 g/mol. The third-order valence-electron chi connectivity index (χ3n) is 4.13. The van der Waals surface area contributed by atoms with E-state index in [1.807, 2.05) is 42.5 Å². The molecule has 0 saturated heterocycles. The van der Waals surface area contributed by atoms with Gasteiger partial charge in [0.2, 0.25) is 5.91 Å². The van der Waals surface area contributed by atoms with E-state index < -0.39 is 0 Å². The number of amides is 1. The number of para-hydroxylation sites is 1. The van der Waals surface area contributed by atoms with E-state index in [2.05, 4.69) is 18.3 Å². The highest BCUT2D eigenvalue weighted by molar-refractivity contribution is 5.87. The fourth-order valence-corrected chi connectivity index (χ4v) is 2.73. The quantitative estimate of drug-likeness (QED) is 0.629. The standard InChI is InChI=1S/C21H23NO3/c1-2-16-9-10-19-17(15-25-20(19)13-16)14-21(23)22-11-6-12-24-18-7-4-3-5-8-18/h3-5,7-10,13,15H,2,6,11-12,14H2,1H3,(H,22,23). The molecule has 0 aliphatic rings. The molecule has 0 atom stereocenters. The van der Waals surface area contributed by atoms with Gasteiger partial charge < -0.3 is 14.5 Å². The molecule has 0 aliphatic heterocycles. The summed E-state index contributed by atoms with van der Waals surface area (Å²) in [4.78, 5) is 12.1. The Kier molecular flexibility index (Phi) is 5.73. The van der Waals surface area contributed by atoms with E-state index in [1.165, 1.54) is 5.56 Å². The van der Waals surface area contributed by atoms with Crippen molar-refractivity contribution >= 4 is 16.9 Å². The summed E-state index contributed by atoms with van der Waals surface area (Å²) < 4.78 is 11.2. The number of carbonyl (C=O) groups is 1. The van der Waals surface area contributed by atoms with Gasteiger partial charge in [-0.15, -0.1) is 0 Å². The van der Waals surface area contributed by atoms with Gasteiger partial charge in [0.05, 0.1) is 19.3 Å². The van der Waals surface area contributed by atoms with Gasteiger partial charge in [-0.05, 0) is 36.6 Å². The van der Waals surface area contributed by atoms with Crippen molar-refractivity contribution in [3.05, 3.63) is 65.9 Å². The van der Waals surface area contributed by atoms with Crippen molar-refractivity contribution in [1.82, 2.24) is 5.32 Å². The Morgan fingerprint density at radius 2 is 2.00 bits per heavy atom. The molecule has 1 heterocycles. The molecule has 4 nitrogen and oxygen atoms in total. The van der Waals surface area contributed by atoms with Crippen molar-refractivity contribution in [3.63, 3.8) is 0 Å². The van der Waals surface area contributed by atoms with Crippen LogP contribution in [0.4, 0.5) is 0 Å². The van der Waals surface area contributed by atoms with Crippen molar-refractivity contribution in [2.45, 2.75) is 26.2 Å². The summed E-state index contributed by atoms with van der Waals surface area (Å²) in [5.74, 6) is 0.854. The Balaban J connectivity index is 1.43. The Morgan fingerprint density at radius 1 is 1.16 bits per heavy atom. The molecule has 1 N–H and O–H groups in total. The lowest BCUT2D eigenvalue weighted by atomic mass is 10.1. The van der Waals surface area contributed by atoms with E-state index in [0.717, 1.165) is 35.1 Å². The lowest BCUT2D eigenvalue weighted by molar-refractivity contribution is -0.120. The molecule has 4 heteroatoms. The SMILES string of the molecule is CCc1ccc2c(CC(=O)NCCCOc3ccccc3)coc2c1. The summed E-state index contributed by atoms with van der Waals surface area (Å²) in [5, 5.41) is 3.95. The molecule has 3 rings (SSSR count). The summed E-state index contributed by atoms with van der Waals surface area (Å²) in [6, 6.07) is 15.8. The molecule has 0 unspecified atom stereocenters. The average Bonchev–Trinajstić information content (AvgIpc) is 3.04. The maximum Gasteiger partial charge on any atom is 0.224 e. The van der Waals surface area contributed by atoms with Crippen molar-refractivity contribution in [3.8, 4) is 5.75 Å². The Morgan fingerprint density at radius 3 is 2.80 bits per heavy atom. The van der Waals surface area contributed by atoms with E-state index >= 15 is 0 Å². The number of hydrogen-bond donors (Lipinski definition) is 1. The Bertz CT molecular complexity index is 824. The van der Waals surface area contributed by atoms with Gasteiger partial charge in [-0.2, -0.15) is 0 Å². The molecule has 0 aliphatic carbocycles. The van der Waals surface area contributed by atoms with E-state index in [9.17, 15) is 4.79 Å². The highest BCUT2D eigenvalue weighted by Crippen LogP contribution is 2.23. The van der Waals surface area contributed by atoms with Crippen molar-refractivity contribution in [2.24, 2.45) is 0 Å². The number of fused-ring (bicyclic) bond motifs is 1. The first-order valence-corrected chi connectivity index (χ1v) is 8.70. The molecule has 3 aromatic rings. The fourth-order valence-electron chi connectivity index (χ4n) is 2.73. The Labute approximate surface area is 147 Å². The summed E-state index contributed by atoms with van der Waals surface area (Å²) in [7, 11) is 0. The van der Waals surface area contributed by atoms with E-state index in [4.69, 9.17) is 9.15 Å². The molecule has 1 amide bonds. The maximum absolute atomic E-state index is 12.1. The number of hydrogen-bond acceptors (Lipinski definition) is 3. The van der Waals surface area contributed by atoms with E-state index in [0.29, 0.717) is 19.6 Å². The summed E-state index contributed by atoms with van der Waals surface area (Å²) in [5.41, 5.74) is 3.00. The van der Waals surface area contributed by atoms with Gasteiger partial charge in [-0.25, -0.2) is 0 Å². The van der Waals surface area contributed by atoms with Gasteiger partial charge in [0.1, 0.15) is 11.3 Å². The van der Waals surface area contributed by atoms with Gasteiger partial charge in [0, 0.05) is 17.5 Å². The number of carbonyl (C=O) groups excluding carboxylic acids is 1. The summed E-state index contributed by atoms with van der Waals surface area (Å²) >= 11 is 0. The van der Waals surface area contributed by atoms with Crippen LogP contribution in [-0.2, 0) is 17.6 Å². The minimum Gasteiger partial charge on any atom is -0.494 e. The smallest absolute Gasteiger partial charge is 0.224 e. The minimum atomic E-state index is 0.00183. The second-order valence-electron chi connectivity index (χ2n) is 5.99. The molecular formula is C21H23NO3. The number of rotatable bonds is 8. The molecule has 0 saturated carbocycles. The molecule has 130 valence electrons. The first-order valence-electron chi connectivity index (χ1n) is 8.70. The van der Waals surface area contributed by atoms with Crippen LogP contribution in [0, 0.1) is 0 Å². The van der Waals surface area contributed by atoms with Crippen LogP contribution >= 0.6 is 0 Å². The van der Waals surface area contributed by atoms with Crippen molar-refractivity contribution in [1.29, 1.82) is 0 Å². The minimum absolute atomic E-state index is 0.00183. The summed E-state index contributed by atoms with van der Waals surface area (Å²) in [6.45, 7) is 3.29. The predicted molar refractivity (Wildman–Crippen MR) is 98.9 cm³/mol. The first-order chi connectivity index (χ1) is 12.3. The highest BCUT2D eigenvalue weighted by Gasteiger charge is 2.10. The van der Waals surface area contributed by atoms with Crippen molar-refractivity contribution < 1.29 is 13.9 Å². The van der Waals surface area contributed by atoms with Gasteiger partial charge in [0.25, 0.3) is 0 Å². The highest BCUT2D eigenvalue weighted by atomic mass is 16.5. The van der Waals surface area contributed by atoms with Gasteiger partial charge in [-0.3, -0.25) is 4.79 Å². The lowest BCUT2D eigenvalue weighted by Gasteiger charge is -2.07. The van der Waals surface area contributed by atoms with Crippen LogP contribution in [-0.4, -0.2) is 19.1 Å². The van der Waals surface area contributed by atoms with Crippen LogP contribution in [0.2, 0.25) is 0 Å². The summed E-state index contributed by atoms with van der Waals surface area (Å²) in [6.07, 6.45) is 3.75. The van der Waals surface area contributed by atoms with E-state index in [1.54, 1.807) is 6.26 Å². The van der Waals surface area contributed by atoms with E-state index in [-0.39, 0.29) is 5.91 Å². The van der Waals surface area contributed by atoms with Crippen LogP contribution in [0.5, 0.6) is 5.75 Å². The predicted octanol–water partition coefficient (Wildman–Crippen LogP) is 4.12. The lowest BCUT2D eigenvalue weighted by Crippen LogP contribution is -2.27. The zero-order valence-electron chi connectivity index (χ0n) is 14.5. The second kappa shape index (κ2) is 8.38. The van der Waals surface area contributed by atoms with Gasteiger partial charge >= 0.3 is 0 Å². The zero-order valence-corrected chi connectivity index (χ0v) is 14.5. The third-order valence-corrected chi connectivity index (χ3v) is 4.13. The number of aryl methyl sites for hydroxylation is 1. The van der Waals surface area contributed by atoms with Crippen LogP contribution in [0.25, 0.3) is 11.0 Å². The van der Waals surface area contributed by atoms with Gasteiger partial charge in [0.15, 0.2) is 0 Å². The first kappa shape index (κ1) is 17.1. The number of benzene rings is 2. The number of furan rings is 1. The molecule has 0 spiro atoms. The number of nitrogens with one attached hydrogen (secondary N) is 1. The molecule has 2 aromatic carbocycles. The average molecular weight is 337 g/mol. The Hall–Kier alpha value is -2.75. The van der Waals surface area contributed by atoms with Crippen LogP contribution < -0.4 is 10.1 Å². The normalized spacial score (nSPS) is 10.8. The van der Waals surface area contributed by atoms with Gasteiger partial charge in [-0.1, -0.05) is 37.3 Å². The number of ether oxygens (including phenoxy) is 1. The topological polar surface area (TPSA) is 51.5 Å². The zero-order chi connectivity index (χ0) is 17.5. The second-order valence-corrected chi connectivity index (χ2v) is 5.99. The molecule has 25 heavy (non-hydrogen) atoms. The van der Waals surface area contributed by atoms with Crippen LogP contribution in [0.1, 0.15) is 24.5 Å². The van der Waals surface area contributed by atoms with Crippen LogP contribution in [0.15, 0.2) is 59.2 Å². The maximum atomic E-state index is 12.1. The fraction of sp³-hybridized carbons (Fsp3) is 0.286. The molecule has 0 fully saturated rings. The largest absolute Gasteiger partial charge is 0.494 e. The molecule has 1 aromatic heterocycles.